The number of nitrogens with zero attached hydrogens (tertiary/aromatic N) is 1. The minimum absolute atomic E-state index is 0.231. The Balaban J connectivity index is 2.06. The largest absolute Gasteiger partial charge is 0.370 e. The Morgan fingerprint density at radius 1 is 1.41 bits per heavy atom. The van der Waals surface area contributed by atoms with Crippen molar-refractivity contribution >= 4 is 21.5 Å². The van der Waals surface area contributed by atoms with E-state index in [1.54, 1.807) is 0 Å². The van der Waals surface area contributed by atoms with E-state index in [0.717, 1.165) is 12.1 Å². The number of guanidine groups is 1. The highest BCUT2D eigenvalue weighted by Crippen LogP contribution is 2.39. The van der Waals surface area contributed by atoms with E-state index in [2.05, 4.69) is 30.2 Å². The maximum absolute atomic E-state index is 11.9. The predicted octanol–water partition coefficient (Wildman–Crippen LogP) is 2.50. The standard InChI is InChI=1S/C16H25N3O2S/c1-12(2)13-6-4-7-14(10-13)19-15(17)18-11-16(8-5-9-16)22(3,20)21/h4,6-7,10,12H,5,8-9,11H2,1-3H3,(H3,17,18,19). The molecule has 6 heteroatoms. The SMILES string of the molecule is CC(C)c1cccc(NC(N)=NCC2(S(C)(=O)=O)CCC2)c1. The van der Waals surface area contributed by atoms with Gasteiger partial charge in [-0.25, -0.2) is 8.42 Å². The molecule has 0 aromatic heterocycles. The van der Waals surface area contributed by atoms with E-state index in [1.807, 2.05) is 18.2 Å². The molecule has 1 fully saturated rings. The van der Waals surface area contributed by atoms with Crippen molar-refractivity contribution in [2.75, 3.05) is 18.1 Å². The number of rotatable bonds is 5. The molecule has 2 rings (SSSR count). The van der Waals surface area contributed by atoms with Crippen molar-refractivity contribution in [3.05, 3.63) is 29.8 Å². The first kappa shape index (κ1) is 16.8. The first-order chi connectivity index (χ1) is 10.2. The van der Waals surface area contributed by atoms with Gasteiger partial charge in [-0.1, -0.05) is 32.4 Å². The van der Waals surface area contributed by atoms with Crippen LogP contribution < -0.4 is 11.1 Å². The highest BCUT2D eigenvalue weighted by molar-refractivity contribution is 7.92. The van der Waals surface area contributed by atoms with Gasteiger partial charge in [0.25, 0.3) is 0 Å². The molecule has 0 heterocycles. The summed E-state index contributed by atoms with van der Waals surface area (Å²) in [5, 5.41) is 3.04. The van der Waals surface area contributed by atoms with Crippen LogP contribution in [0.2, 0.25) is 0 Å². The van der Waals surface area contributed by atoms with E-state index < -0.39 is 14.6 Å². The maximum atomic E-state index is 11.9. The molecule has 0 spiro atoms. The molecule has 0 amide bonds. The number of anilines is 1. The zero-order chi connectivity index (χ0) is 16.4. The van der Waals surface area contributed by atoms with E-state index in [9.17, 15) is 8.42 Å². The van der Waals surface area contributed by atoms with Gasteiger partial charge in [0.2, 0.25) is 0 Å². The molecule has 1 aromatic carbocycles. The van der Waals surface area contributed by atoms with Gasteiger partial charge in [0.1, 0.15) is 0 Å². The minimum Gasteiger partial charge on any atom is -0.370 e. The second-order valence-electron chi connectivity index (χ2n) is 6.42. The third kappa shape index (κ3) is 3.61. The van der Waals surface area contributed by atoms with Gasteiger partial charge in [0.05, 0.1) is 11.3 Å². The predicted molar refractivity (Wildman–Crippen MR) is 92.1 cm³/mol. The Kier molecular flexibility index (Phi) is 4.80. The van der Waals surface area contributed by atoms with Gasteiger partial charge in [0.15, 0.2) is 15.8 Å². The highest BCUT2D eigenvalue weighted by atomic mass is 32.2. The zero-order valence-corrected chi connectivity index (χ0v) is 14.3. The molecule has 1 aliphatic carbocycles. The summed E-state index contributed by atoms with van der Waals surface area (Å²) in [4.78, 5) is 4.26. The van der Waals surface area contributed by atoms with Gasteiger partial charge >= 0.3 is 0 Å². The number of aliphatic imine (C=N–C) groups is 1. The molecule has 1 aliphatic rings. The van der Waals surface area contributed by atoms with E-state index >= 15 is 0 Å². The molecule has 1 aromatic rings. The number of nitrogens with two attached hydrogens (primary N) is 1. The van der Waals surface area contributed by atoms with Crippen molar-refractivity contribution < 1.29 is 8.42 Å². The normalized spacial score (nSPS) is 18.1. The molecular formula is C16H25N3O2S. The number of hydrogen-bond donors (Lipinski definition) is 2. The third-order valence-corrected chi connectivity index (χ3v) is 6.53. The molecule has 22 heavy (non-hydrogen) atoms. The van der Waals surface area contributed by atoms with Crippen LogP contribution in [-0.4, -0.2) is 31.9 Å². The third-order valence-electron chi connectivity index (χ3n) is 4.41. The second kappa shape index (κ2) is 6.28. The Hall–Kier alpha value is -1.56. The molecule has 0 bridgehead atoms. The van der Waals surface area contributed by atoms with Crippen LogP contribution in [0.1, 0.15) is 44.6 Å². The minimum atomic E-state index is -3.10. The average Bonchev–Trinajstić information content (AvgIpc) is 2.35. The average molecular weight is 323 g/mol. The Morgan fingerprint density at radius 2 is 2.09 bits per heavy atom. The quantitative estimate of drug-likeness (QED) is 0.644. The molecule has 0 aliphatic heterocycles. The Morgan fingerprint density at radius 3 is 2.59 bits per heavy atom. The molecule has 0 unspecified atom stereocenters. The van der Waals surface area contributed by atoms with E-state index in [1.165, 1.54) is 11.8 Å². The molecule has 1 saturated carbocycles. The number of nitrogens with one attached hydrogen (secondary N) is 1. The summed E-state index contributed by atoms with van der Waals surface area (Å²) in [5.74, 6) is 0.694. The lowest BCUT2D eigenvalue weighted by atomic mass is 9.84. The van der Waals surface area contributed by atoms with Crippen LogP contribution in [0.4, 0.5) is 5.69 Å². The molecule has 122 valence electrons. The molecule has 3 N–H and O–H groups in total. The van der Waals surface area contributed by atoms with Crippen molar-refractivity contribution in [3.63, 3.8) is 0 Å². The fraction of sp³-hybridized carbons (Fsp3) is 0.562. The molecular weight excluding hydrogens is 298 g/mol. The smallest absolute Gasteiger partial charge is 0.193 e. The first-order valence-corrected chi connectivity index (χ1v) is 9.49. The number of hydrogen-bond acceptors (Lipinski definition) is 3. The van der Waals surface area contributed by atoms with Crippen LogP contribution in [0, 0.1) is 0 Å². The summed E-state index contributed by atoms with van der Waals surface area (Å²) >= 11 is 0. The van der Waals surface area contributed by atoms with Gasteiger partial charge in [-0.15, -0.1) is 0 Å². The summed E-state index contributed by atoms with van der Waals surface area (Å²) in [6, 6.07) is 7.98. The number of benzene rings is 1. The summed E-state index contributed by atoms with van der Waals surface area (Å²) in [5.41, 5.74) is 7.99. The summed E-state index contributed by atoms with van der Waals surface area (Å²) in [6.07, 6.45) is 3.57. The van der Waals surface area contributed by atoms with Crippen LogP contribution in [-0.2, 0) is 9.84 Å². The van der Waals surface area contributed by atoms with E-state index in [-0.39, 0.29) is 12.5 Å². The van der Waals surface area contributed by atoms with Gasteiger partial charge in [-0.2, -0.15) is 0 Å². The molecule has 0 atom stereocenters. The maximum Gasteiger partial charge on any atom is 0.193 e. The topological polar surface area (TPSA) is 84.5 Å². The first-order valence-electron chi connectivity index (χ1n) is 7.60. The van der Waals surface area contributed by atoms with Crippen LogP contribution in [0.15, 0.2) is 29.3 Å². The second-order valence-corrected chi connectivity index (χ2v) is 8.83. The lowest BCUT2D eigenvalue weighted by Crippen LogP contribution is -2.48. The Labute approximate surface area is 132 Å². The van der Waals surface area contributed by atoms with Crippen molar-refractivity contribution in [1.29, 1.82) is 0 Å². The number of sulfone groups is 1. The van der Waals surface area contributed by atoms with Gasteiger partial charge in [-0.3, -0.25) is 4.99 Å². The molecule has 0 saturated heterocycles. The lowest BCUT2D eigenvalue weighted by Gasteiger charge is -2.38. The van der Waals surface area contributed by atoms with Crippen LogP contribution in [0.5, 0.6) is 0 Å². The van der Waals surface area contributed by atoms with E-state index in [0.29, 0.717) is 18.8 Å². The molecule has 0 radical (unpaired) electrons. The summed E-state index contributed by atoms with van der Waals surface area (Å²) < 4.78 is 23.1. The summed E-state index contributed by atoms with van der Waals surface area (Å²) in [6.45, 7) is 4.49. The van der Waals surface area contributed by atoms with Crippen LogP contribution in [0.25, 0.3) is 0 Å². The van der Waals surface area contributed by atoms with Gasteiger partial charge < -0.3 is 11.1 Å². The van der Waals surface area contributed by atoms with Crippen LogP contribution in [0.3, 0.4) is 0 Å². The van der Waals surface area contributed by atoms with Gasteiger partial charge in [-0.05, 0) is 36.5 Å². The Bertz CT molecular complexity index is 662. The van der Waals surface area contributed by atoms with Crippen molar-refractivity contribution in [2.24, 2.45) is 10.7 Å². The lowest BCUT2D eigenvalue weighted by molar-refractivity contribution is 0.347. The fourth-order valence-corrected chi connectivity index (χ4v) is 3.94. The van der Waals surface area contributed by atoms with Crippen molar-refractivity contribution in [2.45, 2.75) is 43.8 Å². The van der Waals surface area contributed by atoms with E-state index in [4.69, 9.17) is 5.73 Å². The van der Waals surface area contributed by atoms with Crippen molar-refractivity contribution in [3.8, 4) is 0 Å². The monoisotopic (exact) mass is 323 g/mol. The summed E-state index contributed by atoms with van der Waals surface area (Å²) in [7, 11) is -3.10. The van der Waals surface area contributed by atoms with Crippen molar-refractivity contribution in [1.82, 2.24) is 0 Å². The molecule has 5 nitrogen and oxygen atoms in total. The highest BCUT2D eigenvalue weighted by Gasteiger charge is 2.46. The zero-order valence-electron chi connectivity index (χ0n) is 13.5. The van der Waals surface area contributed by atoms with Crippen LogP contribution >= 0.6 is 0 Å². The van der Waals surface area contributed by atoms with Gasteiger partial charge in [0, 0.05) is 11.9 Å². The fourth-order valence-electron chi connectivity index (χ4n) is 2.61.